The Morgan fingerprint density at radius 2 is 2.21 bits per heavy atom. The summed E-state index contributed by atoms with van der Waals surface area (Å²) in [6.45, 7) is 1.82. The summed E-state index contributed by atoms with van der Waals surface area (Å²) >= 11 is 5.82. The summed E-state index contributed by atoms with van der Waals surface area (Å²) in [5.74, 6) is -1.01. The molecule has 1 N–H and O–H groups in total. The van der Waals surface area contributed by atoms with Crippen LogP contribution < -0.4 is 0 Å². The van der Waals surface area contributed by atoms with Crippen molar-refractivity contribution < 1.29 is 14.3 Å². The molecule has 0 aliphatic carbocycles. The van der Waals surface area contributed by atoms with E-state index in [0.717, 1.165) is 5.56 Å². The number of aryl methyl sites for hydroxylation is 1. The maximum absolute atomic E-state index is 10.8. The zero-order valence-corrected chi connectivity index (χ0v) is 8.13. The Labute approximate surface area is 84.9 Å². The Balaban J connectivity index is 2.85. The van der Waals surface area contributed by atoms with Gasteiger partial charge in [0, 0.05) is 10.4 Å². The highest BCUT2D eigenvalue weighted by Crippen LogP contribution is 2.27. The quantitative estimate of drug-likeness (QED) is 0.787. The number of fused-ring (bicyclic) bond motifs is 1. The first-order chi connectivity index (χ1) is 6.59. The number of furan rings is 1. The van der Waals surface area contributed by atoms with E-state index in [1.165, 1.54) is 6.26 Å². The lowest BCUT2D eigenvalue weighted by molar-refractivity contribution is 0.0698. The van der Waals surface area contributed by atoms with Gasteiger partial charge in [0.15, 0.2) is 0 Å². The van der Waals surface area contributed by atoms with Crippen LogP contribution in [0.15, 0.2) is 22.8 Å². The standard InChI is InChI=1S/C10H7ClO3/c1-5-2-6(11)3-7-8(10(12)13)4-14-9(5)7/h2-4H,1H3,(H,12,13). The number of carbonyl (C=O) groups is 1. The second kappa shape index (κ2) is 3.03. The third-order valence-corrected chi connectivity index (χ3v) is 2.27. The molecule has 0 saturated carbocycles. The van der Waals surface area contributed by atoms with Crippen molar-refractivity contribution >= 4 is 28.5 Å². The monoisotopic (exact) mass is 210 g/mol. The van der Waals surface area contributed by atoms with Crippen molar-refractivity contribution in [1.82, 2.24) is 0 Å². The summed E-state index contributed by atoms with van der Waals surface area (Å²) < 4.78 is 5.16. The molecule has 0 atom stereocenters. The average Bonchev–Trinajstić information content (AvgIpc) is 2.47. The van der Waals surface area contributed by atoms with Crippen molar-refractivity contribution in [1.29, 1.82) is 0 Å². The summed E-state index contributed by atoms with van der Waals surface area (Å²) in [5, 5.41) is 9.91. The van der Waals surface area contributed by atoms with Crippen molar-refractivity contribution in [3.05, 3.63) is 34.5 Å². The van der Waals surface area contributed by atoms with Crippen LogP contribution in [0.25, 0.3) is 11.0 Å². The number of halogens is 1. The molecule has 0 unspecified atom stereocenters. The third kappa shape index (κ3) is 1.26. The fraction of sp³-hybridized carbons (Fsp3) is 0.100. The van der Waals surface area contributed by atoms with Crippen molar-refractivity contribution in [3.63, 3.8) is 0 Å². The van der Waals surface area contributed by atoms with Crippen LogP contribution in [0, 0.1) is 6.92 Å². The van der Waals surface area contributed by atoms with Gasteiger partial charge in [-0.1, -0.05) is 11.6 Å². The van der Waals surface area contributed by atoms with Gasteiger partial charge in [-0.05, 0) is 24.6 Å². The van der Waals surface area contributed by atoms with Gasteiger partial charge < -0.3 is 9.52 Å². The number of rotatable bonds is 1. The summed E-state index contributed by atoms with van der Waals surface area (Å²) in [5.41, 5.74) is 1.55. The molecule has 72 valence electrons. The maximum Gasteiger partial charge on any atom is 0.339 e. The zero-order valence-electron chi connectivity index (χ0n) is 7.37. The Hall–Kier alpha value is -1.48. The van der Waals surface area contributed by atoms with Crippen LogP contribution in [-0.2, 0) is 0 Å². The Morgan fingerprint density at radius 3 is 2.86 bits per heavy atom. The van der Waals surface area contributed by atoms with Crippen LogP contribution in [0.1, 0.15) is 15.9 Å². The molecular formula is C10H7ClO3. The molecule has 2 aromatic rings. The third-order valence-electron chi connectivity index (χ3n) is 2.05. The van der Waals surface area contributed by atoms with E-state index in [0.29, 0.717) is 16.0 Å². The van der Waals surface area contributed by atoms with Gasteiger partial charge >= 0.3 is 5.97 Å². The first kappa shape index (κ1) is 9.09. The number of aromatic carboxylic acids is 1. The Bertz CT molecular complexity index is 513. The topological polar surface area (TPSA) is 50.4 Å². The van der Waals surface area contributed by atoms with Crippen LogP contribution in [0.4, 0.5) is 0 Å². The van der Waals surface area contributed by atoms with E-state index in [1.807, 2.05) is 6.92 Å². The van der Waals surface area contributed by atoms with Crippen LogP contribution in [0.2, 0.25) is 5.02 Å². The number of hydrogen-bond donors (Lipinski definition) is 1. The van der Waals surface area contributed by atoms with E-state index in [4.69, 9.17) is 21.1 Å². The van der Waals surface area contributed by atoms with Gasteiger partial charge in [0.05, 0.1) is 0 Å². The molecular weight excluding hydrogens is 204 g/mol. The first-order valence-corrected chi connectivity index (χ1v) is 4.38. The molecule has 1 aromatic carbocycles. The number of carboxylic acid groups (broad SMARTS) is 1. The Morgan fingerprint density at radius 1 is 1.50 bits per heavy atom. The molecule has 0 amide bonds. The molecule has 0 bridgehead atoms. The highest BCUT2D eigenvalue weighted by atomic mass is 35.5. The lowest BCUT2D eigenvalue weighted by atomic mass is 10.1. The largest absolute Gasteiger partial charge is 0.478 e. The fourth-order valence-corrected chi connectivity index (χ4v) is 1.71. The molecule has 0 radical (unpaired) electrons. The summed E-state index contributed by atoms with van der Waals surface area (Å²) in [6.07, 6.45) is 1.23. The minimum absolute atomic E-state index is 0.144. The molecule has 0 aliphatic rings. The van der Waals surface area contributed by atoms with Gasteiger partial charge in [-0.25, -0.2) is 4.79 Å². The average molecular weight is 211 g/mol. The van der Waals surface area contributed by atoms with Gasteiger partial charge in [-0.2, -0.15) is 0 Å². The maximum atomic E-state index is 10.8. The van der Waals surface area contributed by atoms with Crippen LogP contribution in [0.5, 0.6) is 0 Å². The molecule has 3 nitrogen and oxygen atoms in total. The summed E-state index contributed by atoms with van der Waals surface area (Å²) in [7, 11) is 0. The number of benzene rings is 1. The lowest BCUT2D eigenvalue weighted by Gasteiger charge is -1.96. The van der Waals surface area contributed by atoms with E-state index < -0.39 is 5.97 Å². The minimum Gasteiger partial charge on any atom is -0.478 e. The van der Waals surface area contributed by atoms with Gasteiger partial charge in [-0.15, -0.1) is 0 Å². The van der Waals surface area contributed by atoms with E-state index >= 15 is 0 Å². The molecule has 1 heterocycles. The molecule has 0 fully saturated rings. The van der Waals surface area contributed by atoms with Crippen molar-refractivity contribution in [3.8, 4) is 0 Å². The van der Waals surface area contributed by atoms with Crippen molar-refractivity contribution in [2.45, 2.75) is 6.92 Å². The first-order valence-electron chi connectivity index (χ1n) is 4.00. The molecule has 0 spiro atoms. The van der Waals surface area contributed by atoms with Gasteiger partial charge in [0.25, 0.3) is 0 Å². The van der Waals surface area contributed by atoms with Crippen molar-refractivity contribution in [2.75, 3.05) is 0 Å². The number of carboxylic acids is 1. The smallest absolute Gasteiger partial charge is 0.339 e. The van der Waals surface area contributed by atoms with Crippen molar-refractivity contribution in [2.24, 2.45) is 0 Å². The van der Waals surface area contributed by atoms with E-state index in [9.17, 15) is 4.79 Å². The van der Waals surface area contributed by atoms with Gasteiger partial charge in [0.1, 0.15) is 17.4 Å². The zero-order chi connectivity index (χ0) is 10.3. The van der Waals surface area contributed by atoms with E-state index in [-0.39, 0.29) is 5.56 Å². The van der Waals surface area contributed by atoms with Gasteiger partial charge in [0.2, 0.25) is 0 Å². The lowest BCUT2D eigenvalue weighted by Crippen LogP contribution is -1.93. The molecule has 0 aliphatic heterocycles. The predicted molar refractivity (Wildman–Crippen MR) is 52.9 cm³/mol. The minimum atomic E-state index is -1.01. The number of hydrogen-bond acceptors (Lipinski definition) is 2. The van der Waals surface area contributed by atoms with E-state index in [1.54, 1.807) is 12.1 Å². The van der Waals surface area contributed by atoms with Crippen LogP contribution >= 0.6 is 11.6 Å². The molecule has 4 heteroatoms. The summed E-state index contributed by atoms with van der Waals surface area (Å²) in [4.78, 5) is 10.8. The predicted octanol–water partition coefficient (Wildman–Crippen LogP) is 3.09. The van der Waals surface area contributed by atoms with E-state index in [2.05, 4.69) is 0 Å². The molecule has 0 saturated heterocycles. The second-order valence-electron chi connectivity index (χ2n) is 3.05. The fourth-order valence-electron chi connectivity index (χ4n) is 1.43. The molecule has 14 heavy (non-hydrogen) atoms. The second-order valence-corrected chi connectivity index (χ2v) is 3.49. The summed E-state index contributed by atoms with van der Waals surface area (Å²) in [6, 6.07) is 3.33. The van der Waals surface area contributed by atoms with Crippen LogP contribution in [0.3, 0.4) is 0 Å². The molecule has 1 aromatic heterocycles. The van der Waals surface area contributed by atoms with Crippen LogP contribution in [-0.4, -0.2) is 11.1 Å². The molecule has 2 rings (SSSR count). The van der Waals surface area contributed by atoms with Gasteiger partial charge in [-0.3, -0.25) is 0 Å². The normalized spacial score (nSPS) is 10.7. The Kier molecular flexibility index (Phi) is 1.97. The SMILES string of the molecule is Cc1cc(Cl)cc2c(C(=O)O)coc12. The highest BCUT2D eigenvalue weighted by molar-refractivity contribution is 6.31. The highest BCUT2D eigenvalue weighted by Gasteiger charge is 2.14.